The van der Waals surface area contributed by atoms with Gasteiger partial charge in [-0.3, -0.25) is 14.6 Å². The zero-order valence-corrected chi connectivity index (χ0v) is 10.0. The van der Waals surface area contributed by atoms with Gasteiger partial charge in [-0.1, -0.05) is 0 Å². The summed E-state index contributed by atoms with van der Waals surface area (Å²) in [7, 11) is 0. The number of Topliss-reactive ketones (excluding diaryl/α,β-unsaturated/α-hetero) is 1. The first-order valence-corrected chi connectivity index (χ1v) is 6.82. The molecule has 3 fully saturated rings. The molecule has 0 radical (unpaired) electrons. The van der Waals surface area contributed by atoms with E-state index in [2.05, 4.69) is 9.80 Å². The molecule has 1 unspecified atom stereocenters. The number of hydrogen-bond donors (Lipinski definition) is 0. The van der Waals surface area contributed by atoms with Gasteiger partial charge in [-0.2, -0.15) is 0 Å². The fraction of sp³-hybridized carbons (Fsp3) is 0.923. The Morgan fingerprint density at radius 2 is 1.81 bits per heavy atom. The smallest absolute Gasteiger partial charge is 0.149 e. The van der Waals surface area contributed by atoms with Crippen LogP contribution in [0.4, 0.5) is 0 Å². The standard InChI is InChI=1S/C13H22N2O/c16-13(11-3-4-11)10-14-8-5-12(9-14)15-6-1-2-7-15/h11-12H,1-10H2. The van der Waals surface area contributed by atoms with E-state index in [-0.39, 0.29) is 0 Å². The first-order valence-electron chi connectivity index (χ1n) is 6.82. The summed E-state index contributed by atoms with van der Waals surface area (Å²) in [5.41, 5.74) is 0. The predicted molar refractivity (Wildman–Crippen MR) is 63.4 cm³/mol. The molecular weight excluding hydrogens is 200 g/mol. The lowest BCUT2D eigenvalue weighted by Crippen LogP contribution is -2.36. The minimum absolute atomic E-state index is 0.436. The molecule has 0 N–H and O–H groups in total. The molecule has 16 heavy (non-hydrogen) atoms. The molecule has 0 aromatic rings. The summed E-state index contributed by atoms with van der Waals surface area (Å²) in [6.45, 7) is 5.58. The highest BCUT2D eigenvalue weighted by Gasteiger charge is 2.34. The van der Waals surface area contributed by atoms with E-state index in [1.807, 2.05) is 0 Å². The SMILES string of the molecule is O=C(CN1CCC(N2CCCC2)C1)C1CC1. The predicted octanol–water partition coefficient (Wildman–Crippen LogP) is 1.14. The van der Waals surface area contributed by atoms with Gasteiger partial charge in [0.1, 0.15) is 5.78 Å². The first kappa shape index (κ1) is 10.7. The van der Waals surface area contributed by atoms with Crippen LogP contribution >= 0.6 is 0 Å². The summed E-state index contributed by atoms with van der Waals surface area (Å²) in [4.78, 5) is 16.7. The van der Waals surface area contributed by atoms with Crippen LogP contribution in [0.1, 0.15) is 32.1 Å². The normalized spacial score (nSPS) is 32.4. The Balaban J connectivity index is 1.46. The zero-order chi connectivity index (χ0) is 11.0. The largest absolute Gasteiger partial charge is 0.299 e. The van der Waals surface area contributed by atoms with Crippen LogP contribution in [0.25, 0.3) is 0 Å². The van der Waals surface area contributed by atoms with Crippen LogP contribution in [0.3, 0.4) is 0 Å². The Morgan fingerprint density at radius 1 is 1.06 bits per heavy atom. The number of likely N-dealkylation sites (tertiary alicyclic amines) is 2. The van der Waals surface area contributed by atoms with Gasteiger partial charge in [0, 0.05) is 25.0 Å². The second-order valence-electron chi connectivity index (χ2n) is 5.66. The van der Waals surface area contributed by atoms with Gasteiger partial charge in [0.25, 0.3) is 0 Å². The molecular formula is C13H22N2O. The maximum Gasteiger partial charge on any atom is 0.149 e. The zero-order valence-electron chi connectivity index (χ0n) is 10.0. The molecule has 3 nitrogen and oxygen atoms in total. The van der Waals surface area contributed by atoms with E-state index in [1.165, 1.54) is 32.4 Å². The molecule has 0 aromatic carbocycles. The molecule has 0 aromatic heterocycles. The van der Waals surface area contributed by atoms with Crippen molar-refractivity contribution in [3.05, 3.63) is 0 Å². The van der Waals surface area contributed by atoms with Crippen LogP contribution in [-0.4, -0.2) is 54.3 Å². The summed E-state index contributed by atoms with van der Waals surface area (Å²) in [5.74, 6) is 0.938. The minimum Gasteiger partial charge on any atom is -0.299 e. The maximum atomic E-state index is 11.7. The van der Waals surface area contributed by atoms with Crippen molar-refractivity contribution in [2.45, 2.75) is 38.1 Å². The van der Waals surface area contributed by atoms with Crippen molar-refractivity contribution in [1.29, 1.82) is 0 Å². The highest BCUT2D eigenvalue weighted by Crippen LogP contribution is 2.30. The second-order valence-corrected chi connectivity index (χ2v) is 5.66. The molecule has 3 rings (SSSR count). The third kappa shape index (κ3) is 2.30. The van der Waals surface area contributed by atoms with Gasteiger partial charge < -0.3 is 0 Å². The monoisotopic (exact) mass is 222 g/mol. The van der Waals surface area contributed by atoms with Crippen molar-refractivity contribution in [2.24, 2.45) is 5.92 Å². The average Bonchev–Trinajstić information content (AvgIpc) is 2.80. The van der Waals surface area contributed by atoms with Gasteiger partial charge in [0.05, 0.1) is 6.54 Å². The van der Waals surface area contributed by atoms with Gasteiger partial charge in [-0.05, 0) is 45.2 Å². The lowest BCUT2D eigenvalue weighted by molar-refractivity contribution is -0.121. The van der Waals surface area contributed by atoms with Gasteiger partial charge in [0.15, 0.2) is 0 Å². The number of nitrogens with zero attached hydrogens (tertiary/aromatic N) is 2. The van der Waals surface area contributed by atoms with E-state index in [9.17, 15) is 4.79 Å². The van der Waals surface area contributed by atoms with Crippen LogP contribution in [0.5, 0.6) is 0 Å². The van der Waals surface area contributed by atoms with Crippen LogP contribution < -0.4 is 0 Å². The molecule has 2 heterocycles. The molecule has 90 valence electrons. The number of ketones is 1. The van der Waals surface area contributed by atoms with Gasteiger partial charge in [-0.25, -0.2) is 0 Å². The van der Waals surface area contributed by atoms with Crippen LogP contribution in [-0.2, 0) is 4.79 Å². The molecule has 3 heteroatoms. The lowest BCUT2D eigenvalue weighted by Gasteiger charge is -2.23. The highest BCUT2D eigenvalue weighted by atomic mass is 16.1. The second kappa shape index (κ2) is 4.46. The van der Waals surface area contributed by atoms with E-state index in [0.29, 0.717) is 11.7 Å². The molecule has 1 aliphatic carbocycles. The summed E-state index contributed by atoms with van der Waals surface area (Å²) in [5, 5.41) is 0. The Kier molecular flexibility index (Phi) is 2.99. The number of carbonyl (C=O) groups excluding carboxylic acids is 1. The third-order valence-corrected chi connectivity index (χ3v) is 4.32. The van der Waals surface area contributed by atoms with Crippen molar-refractivity contribution in [3.8, 4) is 0 Å². The Labute approximate surface area is 97.8 Å². The summed E-state index contributed by atoms with van der Waals surface area (Å²) in [6, 6.07) is 0.745. The Bertz CT molecular complexity index is 269. The maximum absolute atomic E-state index is 11.7. The van der Waals surface area contributed by atoms with Crippen molar-refractivity contribution >= 4 is 5.78 Å². The lowest BCUT2D eigenvalue weighted by atomic mass is 10.2. The van der Waals surface area contributed by atoms with E-state index in [0.717, 1.165) is 38.5 Å². The van der Waals surface area contributed by atoms with Gasteiger partial charge in [-0.15, -0.1) is 0 Å². The fourth-order valence-electron chi connectivity index (χ4n) is 3.12. The summed E-state index contributed by atoms with van der Waals surface area (Å²) >= 11 is 0. The molecule has 0 amide bonds. The molecule has 0 spiro atoms. The van der Waals surface area contributed by atoms with Crippen LogP contribution in [0.15, 0.2) is 0 Å². The number of carbonyl (C=O) groups is 1. The van der Waals surface area contributed by atoms with E-state index in [4.69, 9.17) is 0 Å². The average molecular weight is 222 g/mol. The van der Waals surface area contributed by atoms with E-state index >= 15 is 0 Å². The minimum atomic E-state index is 0.436. The van der Waals surface area contributed by atoms with Crippen molar-refractivity contribution in [2.75, 3.05) is 32.7 Å². The van der Waals surface area contributed by atoms with Crippen molar-refractivity contribution in [1.82, 2.24) is 9.80 Å². The molecule has 0 bridgehead atoms. The third-order valence-electron chi connectivity index (χ3n) is 4.32. The molecule has 1 saturated carbocycles. The fourth-order valence-corrected chi connectivity index (χ4v) is 3.12. The Hall–Kier alpha value is -0.410. The van der Waals surface area contributed by atoms with Crippen molar-refractivity contribution < 1.29 is 4.79 Å². The summed E-state index contributed by atoms with van der Waals surface area (Å²) in [6.07, 6.45) is 6.33. The highest BCUT2D eigenvalue weighted by molar-refractivity contribution is 5.85. The topological polar surface area (TPSA) is 23.6 Å². The van der Waals surface area contributed by atoms with Crippen molar-refractivity contribution in [3.63, 3.8) is 0 Å². The number of hydrogen-bond acceptors (Lipinski definition) is 3. The molecule has 3 aliphatic rings. The first-order chi connectivity index (χ1) is 7.83. The van der Waals surface area contributed by atoms with E-state index < -0.39 is 0 Å². The molecule has 2 saturated heterocycles. The quantitative estimate of drug-likeness (QED) is 0.712. The van der Waals surface area contributed by atoms with Crippen LogP contribution in [0.2, 0.25) is 0 Å². The Morgan fingerprint density at radius 3 is 2.50 bits per heavy atom. The van der Waals surface area contributed by atoms with Crippen LogP contribution in [0, 0.1) is 5.92 Å². The summed E-state index contributed by atoms with van der Waals surface area (Å²) < 4.78 is 0. The number of rotatable bonds is 4. The van der Waals surface area contributed by atoms with Gasteiger partial charge in [0.2, 0.25) is 0 Å². The van der Waals surface area contributed by atoms with Gasteiger partial charge >= 0.3 is 0 Å². The molecule has 1 atom stereocenters. The van der Waals surface area contributed by atoms with E-state index in [1.54, 1.807) is 0 Å². The molecule has 2 aliphatic heterocycles.